The number of H-pyrrole nitrogens is 1. The van der Waals surface area contributed by atoms with E-state index in [0.29, 0.717) is 5.65 Å². The van der Waals surface area contributed by atoms with Crippen LogP contribution in [0.2, 0.25) is 0 Å². The van der Waals surface area contributed by atoms with Gasteiger partial charge in [0.1, 0.15) is 0 Å². The molecular weight excluding hydrogens is 278 g/mol. The third-order valence-electron chi connectivity index (χ3n) is 3.85. The Labute approximate surface area is 125 Å². The minimum absolute atomic E-state index is 0.0226. The van der Waals surface area contributed by atoms with Gasteiger partial charge >= 0.3 is 5.69 Å². The summed E-state index contributed by atoms with van der Waals surface area (Å²) < 4.78 is 1.57. The fraction of sp³-hybridized carbons (Fsp3) is 0.0588. The summed E-state index contributed by atoms with van der Waals surface area (Å²) in [5.74, 6) is 0. The quantitative estimate of drug-likeness (QED) is 0.595. The van der Waals surface area contributed by atoms with Crippen molar-refractivity contribution in [1.82, 2.24) is 14.6 Å². The van der Waals surface area contributed by atoms with Crippen molar-refractivity contribution >= 4 is 16.6 Å². The first-order valence-electron chi connectivity index (χ1n) is 6.97. The monoisotopic (exact) mass is 291 g/mol. The maximum Gasteiger partial charge on any atom is 0.348 e. The maximum atomic E-state index is 11.9. The number of rotatable bonds is 2. The van der Waals surface area contributed by atoms with Gasteiger partial charge in [0.15, 0.2) is 5.65 Å². The second-order valence-corrected chi connectivity index (χ2v) is 5.15. The number of hydrogen-bond donors (Lipinski definition) is 2. The van der Waals surface area contributed by atoms with E-state index in [1.165, 1.54) is 0 Å². The van der Waals surface area contributed by atoms with Crippen LogP contribution in [0.3, 0.4) is 0 Å². The molecule has 5 nitrogen and oxygen atoms in total. The molecule has 0 radical (unpaired) electrons. The Hall–Kier alpha value is -2.92. The highest BCUT2D eigenvalue weighted by molar-refractivity contribution is 5.97. The van der Waals surface area contributed by atoms with Gasteiger partial charge in [0, 0.05) is 5.39 Å². The molecule has 2 N–H and O–H groups in total. The number of aromatic nitrogens is 3. The van der Waals surface area contributed by atoms with Gasteiger partial charge in [-0.05, 0) is 28.8 Å². The molecule has 2 heterocycles. The van der Waals surface area contributed by atoms with E-state index in [1.54, 1.807) is 4.40 Å². The fourth-order valence-corrected chi connectivity index (χ4v) is 2.77. The smallest absolute Gasteiger partial charge is 0.348 e. The third kappa shape index (κ3) is 1.83. The van der Waals surface area contributed by atoms with Gasteiger partial charge in [-0.2, -0.15) is 5.10 Å². The summed E-state index contributed by atoms with van der Waals surface area (Å²) in [4.78, 5) is 11.9. The molecule has 0 spiro atoms. The molecule has 0 saturated carbocycles. The van der Waals surface area contributed by atoms with Crippen molar-refractivity contribution in [2.75, 3.05) is 0 Å². The van der Waals surface area contributed by atoms with Gasteiger partial charge in [0.25, 0.3) is 0 Å². The van der Waals surface area contributed by atoms with Gasteiger partial charge in [-0.1, -0.05) is 42.5 Å². The van der Waals surface area contributed by atoms with E-state index in [-0.39, 0.29) is 12.3 Å². The molecule has 0 saturated heterocycles. The van der Waals surface area contributed by atoms with E-state index in [1.807, 2.05) is 54.6 Å². The number of aliphatic hydroxyl groups excluding tert-OH is 1. The second kappa shape index (κ2) is 4.82. The number of nitrogens with one attached hydrogen (secondary N) is 1. The molecule has 108 valence electrons. The highest BCUT2D eigenvalue weighted by atomic mass is 16.3. The van der Waals surface area contributed by atoms with E-state index in [9.17, 15) is 4.79 Å². The highest BCUT2D eigenvalue weighted by Gasteiger charge is 2.11. The number of nitrogens with zero attached hydrogens (tertiary/aromatic N) is 2. The molecule has 0 aliphatic heterocycles. The number of hydrogen-bond acceptors (Lipinski definition) is 3. The molecule has 0 aliphatic carbocycles. The van der Waals surface area contributed by atoms with E-state index in [4.69, 9.17) is 5.11 Å². The Bertz CT molecular complexity index is 1030. The summed E-state index contributed by atoms with van der Waals surface area (Å²) in [5.41, 5.74) is 4.06. The average molecular weight is 291 g/mol. The largest absolute Gasteiger partial charge is 0.392 e. The first-order valence-corrected chi connectivity index (χ1v) is 6.97. The molecule has 0 atom stereocenters. The van der Waals surface area contributed by atoms with Crippen LogP contribution in [0.25, 0.3) is 27.7 Å². The van der Waals surface area contributed by atoms with Crippen LogP contribution in [0, 0.1) is 0 Å². The number of aliphatic hydroxyl groups is 1. The molecule has 0 fully saturated rings. The Morgan fingerprint density at radius 3 is 2.64 bits per heavy atom. The standard InChI is InChI=1S/C17H13N3O2/c21-10-11-5-7-12(8-6-11)14-9-16-18-19-17(22)20(16)15-4-2-1-3-13(14)15/h1-9,21H,10H2,(H,19,22). The fourth-order valence-electron chi connectivity index (χ4n) is 2.77. The summed E-state index contributed by atoms with van der Waals surface area (Å²) in [6, 6.07) is 17.4. The highest BCUT2D eigenvalue weighted by Crippen LogP contribution is 2.29. The SMILES string of the molecule is O=c1[nH]nc2cc(-c3ccc(CO)cc3)c3ccccc3n12. The lowest BCUT2D eigenvalue weighted by Gasteiger charge is -2.09. The predicted octanol–water partition coefficient (Wildman–Crippen LogP) is 2.34. The van der Waals surface area contributed by atoms with Gasteiger partial charge in [-0.25, -0.2) is 14.3 Å². The second-order valence-electron chi connectivity index (χ2n) is 5.15. The minimum Gasteiger partial charge on any atom is -0.392 e. The normalized spacial score (nSPS) is 11.3. The molecular formula is C17H13N3O2. The number of pyridine rings is 1. The van der Waals surface area contributed by atoms with E-state index in [2.05, 4.69) is 10.2 Å². The lowest BCUT2D eigenvalue weighted by molar-refractivity contribution is 0.282. The zero-order chi connectivity index (χ0) is 15.1. The molecule has 0 aliphatic rings. The number of aromatic amines is 1. The van der Waals surface area contributed by atoms with Crippen molar-refractivity contribution in [2.45, 2.75) is 6.61 Å². The van der Waals surface area contributed by atoms with Gasteiger partial charge in [0.05, 0.1) is 12.1 Å². The van der Waals surface area contributed by atoms with Crippen molar-refractivity contribution in [2.24, 2.45) is 0 Å². The predicted molar refractivity (Wildman–Crippen MR) is 84.7 cm³/mol. The van der Waals surface area contributed by atoms with E-state index < -0.39 is 0 Å². The van der Waals surface area contributed by atoms with Crippen LogP contribution in [0.1, 0.15) is 5.56 Å². The zero-order valence-electron chi connectivity index (χ0n) is 11.7. The summed E-state index contributed by atoms with van der Waals surface area (Å²) in [7, 11) is 0. The Morgan fingerprint density at radius 2 is 1.86 bits per heavy atom. The van der Waals surface area contributed by atoms with E-state index in [0.717, 1.165) is 27.6 Å². The van der Waals surface area contributed by atoms with Crippen LogP contribution in [-0.4, -0.2) is 19.7 Å². The molecule has 0 unspecified atom stereocenters. The average Bonchev–Trinajstić information content (AvgIpc) is 2.95. The molecule has 0 bridgehead atoms. The Balaban J connectivity index is 2.09. The van der Waals surface area contributed by atoms with Gasteiger partial charge in [-0.3, -0.25) is 0 Å². The first kappa shape index (κ1) is 12.8. The van der Waals surface area contributed by atoms with Gasteiger partial charge < -0.3 is 5.11 Å². The third-order valence-corrected chi connectivity index (χ3v) is 3.85. The molecule has 2 aromatic heterocycles. The molecule has 4 aromatic rings. The van der Waals surface area contributed by atoms with Crippen LogP contribution < -0.4 is 5.69 Å². The lowest BCUT2D eigenvalue weighted by Crippen LogP contribution is -2.10. The maximum absolute atomic E-state index is 11.9. The zero-order valence-corrected chi connectivity index (χ0v) is 11.7. The molecule has 5 heteroatoms. The van der Waals surface area contributed by atoms with Crippen LogP contribution >= 0.6 is 0 Å². The van der Waals surface area contributed by atoms with Crippen molar-refractivity contribution in [3.63, 3.8) is 0 Å². The number of para-hydroxylation sites is 1. The summed E-state index contributed by atoms with van der Waals surface area (Å²) in [6.45, 7) is 0.0226. The van der Waals surface area contributed by atoms with Gasteiger partial charge in [-0.15, -0.1) is 0 Å². The molecule has 0 amide bonds. The van der Waals surface area contributed by atoms with Crippen molar-refractivity contribution in [3.8, 4) is 11.1 Å². The van der Waals surface area contributed by atoms with Crippen LogP contribution in [0.5, 0.6) is 0 Å². The van der Waals surface area contributed by atoms with Crippen molar-refractivity contribution < 1.29 is 5.11 Å². The van der Waals surface area contributed by atoms with Crippen LogP contribution in [-0.2, 0) is 6.61 Å². The van der Waals surface area contributed by atoms with E-state index >= 15 is 0 Å². The lowest BCUT2D eigenvalue weighted by atomic mass is 10.00. The summed E-state index contributed by atoms with van der Waals surface area (Å²) in [5, 5.41) is 16.7. The van der Waals surface area contributed by atoms with Crippen LogP contribution in [0.4, 0.5) is 0 Å². The number of fused-ring (bicyclic) bond motifs is 3. The van der Waals surface area contributed by atoms with Crippen LogP contribution in [0.15, 0.2) is 59.4 Å². The van der Waals surface area contributed by atoms with Crippen molar-refractivity contribution in [1.29, 1.82) is 0 Å². The topological polar surface area (TPSA) is 70.4 Å². The minimum atomic E-state index is -0.242. The van der Waals surface area contributed by atoms with Crippen molar-refractivity contribution in [3.05, 3.63) is 70.6 Å². The molecule has 4 rings (SSSR count). The summed E-state index contributed by atoms with van der Waals surface area (Å²) >= 11 is 0. The van der Waals surface area contributed by atoms with Gasteiger partial charge in [0.2, 0.25) is 0 Å². The molecule has 22 heavy (non-hydrogen) atoms. The first-order chi connectivity index (χ1) is 10.8. The summed E-state index contributed by atoms with van der Waals surface area (Å²) in [6.07, 6.45) is 0. The molecule has 2 aromatic carbocycles. The Morgan fingerprint density at radius 1 is 1.09 bits per heavy atom. The number of benzene rings is 2. The Kier molecular flexibility index (Phi) is 2.80.